The lowest BCUT2D eigenvalue weighted by Gasteiger charge is -2.16. The number of rotatable bonds is 12. The molecule has 104 valence electrons. The smallest absolute Gasteiger partial charge is 0.0842 e. The molecule has 0 saturated heterocycles. The Morgan fingerprint density at radius 1 is 0.706 bits per heavy atom. The van der Waals surface area contributed by atoms with Crippen LogP contribution in [0.4, 0.5) is 0 Å². The molecule has 0 spiro atoms. The molecule has 17 heavy (non-hydrogen) atoms. The zero-order valence-corrected chi connectivity index (χ0v) is 12.9. The first kappa shape index (κ1) is 17.0. The number of nitrogens with one attached hydrogen (secondary N) is 1. The molecule has 0 amide bonds. The van der Waals surface area contributed by atoms with Crippen LogP contribution in [0.25, 0.3) is 0 Å². The minimum Gasteiger partial charge on any atom is -0.338 e. The molecule has 1 atom stereocenters. The Morgan fingerprint density at radius 2 is 1.12 bits per heavy atom. The van der Waals surface area contributed by atoms with Crippen molar-refractivity contribution in [2.24, 2.45) is 0 Å². The van der Waals surface area contributed by atoms with E-state index in [-0.39, 0.29) is 0 Å². The number of unbranched alkanes of at least 4 members (excludes halogenated alkanes) is 9. The van der Waals surface area contributed by atoms with Crippen LogP contribution in [0.5, 0.6) is 0 Å². The van der Waals surface area contributed by atoms with Crippen molar-refractivity contribution in [3.63, 3.8) is 0 Å². The van der Waals surface area contributed by atoms with Crippen molar-refractivity contribution in [3.8, 4) is 0 Å². The van der Waals surface area contributed by atoms with Gasteiger partial charge in [0, 0.05) is 0 Å². The van der Waals surface area contributed by atoms with E-state index in [1.54, 1.807) is 4.90 Å². The zero-order valence-electron chi connectivity index (χ0n) is 12.9. The van der Waals surface area contributed by atoms with Crippen molar-refractivity contribution in [1.82, 2.24) is 0 Å². The summed E-state index contributed by atoms with van der Waals surface area (Å²) in [6.07, 6.45) is 15.9. The molecular weight excluding hydrogens is 206 g/mol. The van der Waals surface area contributed by atoms with Crippen LogP contribution in [0.3, 0.4) is 0 Å². The highest BCUT2D eigenvalue weighted by atomic mass is 15.1. The van der Waals surface area contributed by atoms with E-state index >= 15 is 0 Å². The molecule has 0 aliphatic carbocycles. The highest BCUT2D eigenvalue weighted by Crippen LogP contribution is 2.11. The summed E-state index contributed by atoms with van der Waals surface area (Å²) in [5.74, 6) is 0. The quantitative estimate of drug-likeness (QED) is 0.496. The molecule has 1 nitrogen and oxygen atoms in total. The first-order chi connectivity index (χ1) is 8.18. The maximum atomic E-state index is 2.36. The van der Waals surface area contributed by atoms with Crippen LogP contribution in [0.2, 0.25) is 0 Å². The van der Waals surface area contributed by atoms with Crippen LogP contribution in [0.15, 0.2) is 0 Å². The van der Waals surface area contributed by atoms with Gasteiger partial charge in [-0.2, -0.15) is 0 Å². The van der Waals surface area contributed by atoms with E-state index in [1.165, 1.54) is 70.6 Å². The highest BCUT2D eigenvalue weighted by molar-refractivity contribution is 4.50. The highest BCUT2D eigenvalue weighted by Gasteiger charge is 2.06. The summed E-state index contributed by atoms with van der Waals surface area (Å²) in [4.78, 5) is 1.60. The second-order valence-corrected chi connectivity index (χ2v) is 5.95. The van der Waals surface area contributed by atoms with Crippen LogP contribution in [0.1, 0.15) is 84.5 Å². The van der Waals surface area contributed by atoms with Crippen LogP contribution in [-0.4, -0.2) is 20.1 Å². The van der Waals surface area contributed by atoms with Crippen molar-refractivity contribution >= 4 is 0 Å². The Hall–Kier alpha value is -0.0400. The minimum absolute atomic E-state index is 0.837. The molecule has 0 fully saturated rings. The van der Waals surface area contributed by atoms with Crippen molar-refractivity contribution < 1.29 is 4.90 Å². The summed E-state index contributed by atoms with van der Waals surface area (Å²) in [6.45, 7) is 4.65. The van der Waals surface area contributed by atoms with Gasteiger partial charge in [0.1, 0.15) is 0 Å². The van der Waals surface area contributed by atoms with Gasteiger partial charge in [-0.1, -0.05) is 64.7 Å². The number of hydrogen-bond acceptors (Lipinski definition) is 0. The fourth-order valence-corrected chi connectivity index (χ4v) is 2.23. The topological polar surface area (TPSA) is 4.44 Å². The van der Waals surface area contributed by atoms with E-state index in [2.05, 4.69) is 27.9 Å². The Morgan fingerprint density at radius 3 is 1.53 bits per heavy atom. The average molecular weight is 242 g/mol. The third kappa shape index (κ3) is 12.2. The SMILES string of the molecule is CCCCCCCCCCCCC(C)[NH+](C)C. The molecule has 0 heterocycles. The Kier molecular flexibility index (Phi) is 12.4. The lowest BCUT2D eigenvalue weighted by molar-refractivity contribution is -0.883. The third-order valence-corrected chi connectivity index (χ3v) is 3.98. The van der Waals surface area contributed by atoms with Gasteiger partial charge in [0.05, 0.1) is 20.1 Å². The summed E-state index contributed by atoms with van der Waals surface area (Å²) >= 11 is 0. The van der Waals surface area contributed by atoms with Gasteiger partial charge in [0.15, 0.2) is 0 Å². The molecule has 0 aromatic heterocycles. The van der Waals surface area contributed by atoms with Gasteiger partial charge in [-0.3, -0.25) is 0 Å². The molecule has 1 N–H and O–H groups in total. The van der Waals surface area contributed by atoms with E-state index in [1.807, 2.05) is 0 Å². The minimum atomic E-state index is 0.837. The number of quaternary nitrogens is 1. The largest absolute Gasteiger partial charge is 0.338 e. The fourth-order valence-electron chi connectivity index (χ4n) is 2.23. The second kappa shape index (κ2) is 12.4. The van der Waals surface area contributed by atoms with Crippen LogP contribution < -0.4 is 4.90 Å². The Balaban J connectivity index is 3.03. The summed E-state index contributed by atoms with van der Waals surface area (Å²) in [7, 11) is 4.53. The molecule has 1 heteroatoms. The van der Waals surface area contributed by atoms with Gasteiger partial charge in [-0.05, 0) is 19.8 Å². The molecular formula is C16H36N+. The second-order valence-electron chi connectivity index (χ2n) is 5.95. The standard InChI is InChI=1S/C16H35N/c1-5-6-7-8-9-10-11-12-13-14-15-16(2)17(3)4/h16H,5-15H2,1-4H3/p+1. The van der Waals surface area contributed by atoms with E-state index in [4.69, 9.17) is 0 Å². The van der Waals surface area contributed by atoms with Gasteiger partial charge >= 0.3 is 0 Å². The molecule has 0 aliphatic heterocycles. The monoisotopic (exact) mass is 242 g/mol. The fraction of sp³-hybridized carbons (Fsp3) is 1.00. The molecule has 0 saturated carbocycles. The van der Waals surface area contributed by atoms with E-state index in [0.717, 1.165) is 6.04 Å². The summed E-state index contributed by atoms with van der Waals surface area (Å²) in [6, 6.07) is 0.837. The van der Waals surface area contributed by atoms with Gasteiger partial charge in [-0.25, -0.2) is 0 Å². The zero-order chi connectivity index (χ0) is 12.9. The first-order valence-electron chi connectivity index (χ1n) is 7.98. The maximum Gasteiger partial charge on any atom is 0.0842 e. The molecule has 0 bridgehead atoms. The predicted molar refractivity (Wildman–Crippen MR) is 78.7 cm³/mol. The molecule has 0 radical (unpaired) electrons. The van der Waals surface area contributed by atoms with E-state index in [0.29, 0.717) is 0 Å². The first-order valence-corrected chi connectivity index (χ1v) is 7.98. The molecule has 1 unspecified atom stereocenters. The lowest BCUT2D eigenvalue weighted by atomic mass is 10.0. The lowest BCUT2D eigenvalue weighted by Crippen LogP contribution is -3.09. The van der Waals surface area contributed by atoms with Gasteiger partial charge in [0.2, 0.25) is 0 Å². The van der Waals surface area contributed by atoms with Crippen LogP contribution in [-0.2, 0) is 0 Å². The van der Waals surface area contributed by atoms with Crippen molar-refractivity contribution in [3.05, 3.63) is 0 Å². The van der Waals surface area contributed by atoms with Gasteiger partial charge in [-0.15, -0.1) is 0 Å². The average Bonchev–Trinajstić information content (AvgIpc) is 2.31. The van der Waals surface area contributed by atoms with Crippen LogP contribution >= 0.6 is 0 Å². The van der Waals surface area contributed by atoms with E-state index < -0.39 is 0 Å². The Bertz CT molecular complexity index is 142. The van der Waals surface area contributed by atoms with Crippen molar-refractivity contribution in [1.29, 1.82) is 0 Å². The normalized spacial score (nSPS) is 13.2. The van der Waals surface area contributed by atoms with Crippen molar-refractivity contribution in [2.75, 3.05) is 14.1 Å². The third-order valence-electron chi connectivity index (χ3n) is 3.98. The summed E-state index contributed by atoms with van der Waals surface area (Å²) < 4.78 is 0. The summed E-state index contributed by atoms with van der Waals surface area (Å²) in [5, 5.41) is 0. The van der Waals surface area contributed by atoms with Gasteiger partial charge in [0.25, 0.3) is 0 Å². The molecule has 0 aromatic carbocycles. The molecule has 0 rings (SSSR count). The number of hydrogen-bond donors (Lipinski definition) is 1. The summed E-state index contributed by atoms with van der Waals surface area (Å²) in [5.41, 5.74) is 0. The van der Waals surface area contributed by atoms with Crippen LogP contribution in [0, 0.1) is 0 Å². The Labute approximate surface area is 110 Å². The maximum absolute atomic E-state index is 2.36. The van der Waals surface area contributed by atoms with Gasteiger partial charge < -0.3 is 4.90 Å². The molecule has 0 aromatic rings. The van der Waals surface area contributed by atoms with Crippen molar-refractivity contribution in [2.45, 2.75) is 90.5 Å². The van der Waals surface area contributed by atoms with E-state index in [9.17, 15) is 0 Å². The molecule has 0 aliphatic rings. The predicted octanol–water partition coefficient (Wildman–Crippen LogP) is 3.83.